The molecular formula is C16H23NO3. The van der Waals surface area contributed by atoms with Crippen molar-refractivity contribution in [3.05, 3.63) is 23.8 Å². The van der Waals surface area contributed by atoms with Crippen molar-refractivity contribution in [2.45, 2.75) is 37.3 Å². The van der Waals surface area contributed by atoms with Crippen LogP contribution in [0.2, 0.25) is 0 Å². The summed E-state index contributed by atoms with van der Waals surface area (Å²) < 4.78 is 17.3. The summed E-state index contributed by atoms with van der Waals surface area (Å²) >= 11 is 0. The maximum atomic E-state index is 5.82. The van der Waals surface area contributed by atoms with E-state index in [9.17, 15) is 0 Å². The predicted molar refractivity (Wildman–Crippen MR) is 77.4 cm³/mol. The molecule has 1 N–H and O–H groups in total. The molecule has 0 spiro atoms. The third kappa shape index (κ3) is 2.27. The summed E-state index contributed by atoms with van der Waals surface area (Å²) in [7, 11) is 3.80. The maximum Gasteiger partial charge on any atom is 0.161 e. The van der Waals surface area contributed by atoms with Crippen LogP contribution in [0.4, 0.5) is 0 Å². The Hall–Kier alpha value is -1.26. The number of hydrogen-bond acceptors (Lipinski definition) is 4. The largest absolute Gasteiger partial charge is 0.490 e. The summed E-state index contributed by atoms with van der Waals surface area (Å²) in [5.74, 6) is 1.70. The first-order valence-corrected chi connectivity index (χ1v) is 7.41. The van der Waals surface area contributed by atoms with Crippen molar-refractivity contribution in [2.75, 3.05) is 27.4 Å². The van der Waals surface area contributed by atoms with Gasteiger partial charge in [-0.25, -0.2) is 0 Å². The third-order valence-corrected chi connectivity index (χ3v) is 4.53. The minimum Gasteiger partial charge on any atom is -0.490 e. The van der Waals surface area contributed by atoms with E-state index in [1.165, 1.54) is 12.0 Å². The lowest BCUT2D eigenvalue weighted by molar-refractivity contribution is -0.0983. The molecule has 4 nitrogen and oxygen atoms in total. The van der Waals surface area contributed by atoms with E-state index >= 15 is 0 Å². The molecule has 0 saturated heterocycles. The molecule has 1 unspecified atom stereocenters. The fourth-order valence-electron chi connectivity index (χ4n) is 3.23. The zero-order valence-electron chi connectivity index (χ0n) is 12.3. The van der Waals surface area contributed by atoms with E-state index in [1.54, 1.807) is 0 Å². The second kappa shape index (κ2) is 5.62. The second-order valence-electron chi connectivity index (χ2n) is 5.60. The topological polar surface area (TPSA) is 39.7 Å². The zero-order chi connectivity index (χ0) is 14.0. The molecule has 1 aromatic rings. The number of nitrogens with one attached hydrogen (secondary N) is 1. The molecule has 1 aliphatic carbocycles. The Bertz CT molecular complexity index is 465. The second-order valence-corrected chi connectivity index (χ2v) is 5.60. The van der Waals surface area contributed by atoms with Gasteiger partial charge in [-0.3, -0.25) is 0 Å². The summed E-state index contributed by atoms with van der Waals surface area (Å²) in [4.78, 5) is 0. The number of hydrogen-bond donors (Lipinski definition) is 1. The molecular weight excluding hydrogens is 254 g/mol. The molecule has 4 heteroatoms. The van der Waals surface area contributed by atoms with Crippen LogP contribution in [0.15, 0.2) is 18.2 Å². The van der Waals surface area contributed by atoms with E-state index in [1.807, 2.05) is 20.2 Å². The number of rotatable bonds is 4. The van der Waals surface area contributed by atoms with E-state index in [4.69, 9.17) is 14.2 Å². The van der Waals surface area contributed by atoms with Gasteiger partial charge >= 0.3 is 0 Å². The number of likely N-dealkylation sites (N-methyl/N-ethyl adjacent to an activating group) is 1. The lowest BCUT2D eigenvalue weighted by atomic mass is 9.72. The van der Waals surface area contributed by atoms with Gasteiger partial charge in [-0.2, -0.15) is 0 Å². The highest BCUT2D eigenvalue weighted by atomic mass is 16.5. The van der Waals surface area contributed by atoms with Crippen LogP contribution in [-0.4, -0.2) is 33.0 Å². The predicted octanol–water partition coefficient (Wildman–Crippen LogP) is 2.68. The molecule has 0 bridgehead atoms. The Kier molecular flexibility index (Phi) is 3.85. The summed E-state index contributed by atoms with van der Waals surface area (Å²) in [6.45, 7) is 1.44. The molecule has 1 heterocycles. The van der Waals surface area contributed by atoms with E-state index in [0.717, 1.165) is 44.0 Å². The van der Waals surface area contributed by atoms with Gasteiger partial charge in [0, 0.05) is 13.5 Å². The van der Waals surface area contributed by atoms with Crippen LogP contribution in [0, 0.1) is 0 Å². The zero-order valence-corrected chi connectivity index (χ0v) is 12.3. The highest BCUT2D eigenvalue weighted by Crippen LogP contribution is 2.46. The lowest BCUT2D eigenvalue weighted by Gasteiger charge is -2.46. The van der Waals surface area contributed by atoms with Crippen molar-refractivity contribution in [3.8, 4) is 11.5 Å². The van der Waals surface area contributed by atoms with Gasteiger partial charge in [-0.1, -0.05) is 6.07 Å². The Balaban J connectivity index is 1.90. The molecule has 1 atom stereocenters. The van der Waals surface area contributed by atoms with E-state index in [2.05, 4.69) is 17.4 Å². The molecule has 0 radical (unpaired) electrons. The van der Waals surface area contributed by atoms with Gasteiger partial charge in [0.1, 0.15) is 0 Å². The molecule has 1 saturated carbocycles. The molecule has 0 aromatic heterocycles. The highest BCUT2D eigenvalue weighted by Gasteiger charge is 2.44. The average Bonchev–Trinajstić information content (AvgIpc) is 2.67. The molecule has 110 valence electrons. The molecule has 3 rings (SSSR count). The smallest absolute Gasteiger partial charge is 0.161 e. The normalized spacial score (nSPS) is 21.7. The number of ether oxygens (including phenoxy) is 3. The SMILES string of the molecule is CNC(c1ccc2c(c1)OCCCO2)C1(OC)CCC1. The minimum absolute atomic E-state index is 0.0748. The van der Waals surface area contributed by atoms with Gasteiger partial charge < -0.3 is 19.5 Å². The van der Waals surface area contributed by atoms with Crippen molar-refractivity contribution >= 4 is 0 Å². The minimum atomic E-state index is -0.0748. The Morgan fingerprint density at radius 3 is 2.50 bits per heavy atom. The van der Waals surface area contributed by atoms with E-state index in [0.29, 0.717) is 0 Å². The fraction of sp³-hybridized carbons (Fsp3) is 0.625. The fourth-order valence-corrected chi connectivity index (χ4v) is 3.23. The summed E-state index contributed by atoms with van der Waals surface area (Å²) in [6, 6.07) is 6.43. The van der Waals surface area contributed by atoms with Gasteiger partial charge in [-0.05, 0) is 44.0 Å². The van der Waals surface area contributed by atoms with Gasteiger partial charge in [0.05, 0.1) is 24.9 Å². The Morgan fingerprint density at radius 2 is 1.90 bits per heavy atom. The van der Waals surface area contributed by atoms with Crippen molar-refractivity contribution in [1.29, 1.82) is 0 Å². The highest BCUT2D eigenvalue weighted by molar-refractivity contribution is 5.45. The summed E-state index contributed by atoms with van der Waals surface area (Å²) in [5, 5.41) is 3.41. The third-order valence-electron chi connectivity index (χ3n) is 4.53. The summed E-state index contributed by atoms with van der Waals surface area (Å²) in [5.41, 5.74) is 1.13. The molecule has 20 heavy (non-hydrogen) atoms. The van der Waals surface area contributed by atoms with E-state index < -0.39 is 0 Å². The first-order valence-electron chi connectivity index (χ1n) is 7.41. The van der Waals surface area contributed by atoms with Gasteiger partial charge in [0.2, 0.25) is 0 Å². The molecule has 1 aromatic carbocycles. The quantitative estimate of drug-likeness (QED) is 0.918. The number of methoxy groups -OCH3 is 1. The van der Waals surface area contributed by atoms with E-state index in [-0.39, 0.29) is 11.6 Å². The number of fused-ring (bicyclic) bond motifs is 1. The maximum absolute atomic E-state index is 5.82. The first kappa shape index (κ1) is 13.7. The molecule has 1 fully saturated rings. The number of benzene rings is 1. The lowest BCUT2D eigenvalue weighted by Crippen LogP contribution is -2.49. The van der Waals surface area contributed by atoms with Crippen LogP contribution < -0.4 is 14.8 Å². The van der Waals surface area contributed by atoms with Crippen molar-refractivity contribution < 1.29 is 14.2 Å². The first-order chi connectivity index (χ1) is 9.79. The molecule has 2 aliphatic rings. The van der Waals surface area contributed by atoms with Crippen molar-refractivity contribution in [2.24, 2.45) is 0 Å². The Morgan fingerprint density at radius 1 is 1.15 bits per heavy atom. The van der Waals surface area contributed by atoms with Gasteiger partial charge in [0.25, 0.3) is 0 Å². The summed E-state index contributed by atoms with van der Waals surface area (Å²) in [6.07, 6.45) is 4.37. The monoisotopic (exact) mass is 277 g/mol. The van der Waals surface area contributed by atoms with Crippen LogP contribution >= 0.6 is 0 Å². The average molecular weight is 277 g/mol. The van der Waals surface area contributed by atoms with Crippen LogP contribution in [0.5, 0.6) is 11.5 Å². The van der Waals surface area contributed by atoms with Crippen molar-refractivity contribution in [1.82, 2.24) is 5.32 Å². The molecule has 1 aliphatic heterocycles. The van der Waals surface area contributed by atoms with Crippen molar-refractivity contribution in [3.63, 3.8) is 0 Å². The van der Waals surface area contributed by atoms with Gasteiger partial charge in [0.15, 0.2) is 11.5 Å². The van der Waals surface area contributed by atoms with Crippen LogP contribution in [0.3, 0.4) is 0 Å². The van der Waals surface area contributed by atoms with Crippen LogP contribution in [0.25, 0.3) is 0 Å². The van der Waals surface area contributed by atoms with Gasteiger partial charge in [-0.15, -0.1) is 0 Å². The standard InChI is InChI=1S/C16H23NO3/c1-17-15(16(18-2)7-3-8-16)12-5-6-13-14(11-12)20-10-4-9-19-13/h5-6,11,15,17H,3-4,7-10H2,1-2H3. The van der Waals surface area contributed by atoms with Crippen LogP contribution in [0.1, 0.15) is 37.3 Å². The Labute approximate surface area is 120 Å². The van der Waals surface area contributed by atoms with Crippen LogP contribution in [-0.2, 0) is 4.74 Å². The molecule has 0 amide bonds.